The van der Waals surface area contributed by atoms with Crippen molar-refractivity contribution in [3.05, 3.63) is 40.3 Å². The monoisotopic (exact) mass is 567 g/mol. The number of para-hydroxylation sites is 1. The summed E-state index contributed by atoms with van der Waals surface area (Å²) in [6, 6.07) is 7.53. The molecule has 1 aromatic heterocycles. The summed E-state index contributed by atoms with van der Waals surface area (Å²) in [5, 5.41) is 13.1. The number of ether oxygens (including phenoxy) is 1. The number of anilines is 1. The lowest BCUT2D eigenvalue weighted by Crippen LogP contribution is -2.51. The predicted molar refractivity (Wildman–Crippen MR) is 123 cm³/mol. The summed E-state index contributed by atoms with van der Waals surface area (Å²) < 4.78 is 6.45. The van der Waals surface area contributed by atoms with E-state index in [1.54, 1.807) is 11.3 Å². The maximum atomic E-state index is 10.1. The van der Waals surface area contributed by atoms with Crippen molar-refractivity contribution in [2.75, 3.05) is 44.2 Å². The van der Waals surface area contributed by atoms with E-state index in [-0.39, 0.29) is 37.1 Å². The Morgan fingerprint density at radius 1 is 1.33 bits per heavy atom. The zero-order valence-electron chi connectivity index (χ0n) is 14.7. The standard InChI is InChI=1S/C17H22BrN5O2S.HI/c18-14-3-1-2-4-15(14)25-12-13(24)11-21-16(19)22-6-8-23(9-7-22)17-20-5-10-26-17;/h1-5,10,13,24H,6-9,11-12H2,(H2,19,21);1H. The third-order valence-corrected chi connectivity index (χ3v) is 5.51. The van der Waals surface area contributed by atoms with Gasteiger partial charge >= 0.3 is 0 Å². The Balaban J connectivity index is 0.00000261. The number of hydrogen-bond acceptors (Lipinski definition) is 6. The number of benzene rings is 1. The van der Waals surface area contributed by atoms with E-state index in [1.807, 2.05) is 40.7 Å². The van der Waals surface area contributed by atoms with Crippen LogP contribution in [-0.4, -0.2) is 66.4 Å². The van der Waals surface area contributed by atoms with Gasteiger partial charge in [0.05, 0.1) is 11.0 Å². The van der Waals surface area contributed by atoms with Crippen LogP contribution in [0.3, 0.4) is 0 Å². The first kappa shape index (κ1) is 22.2. The number of aliphatic hydroxyl groups excluding tert-OH is 1. The quantitative estimate of drug-likeness (QED) is 0.317. The number of aliphatic imine (C=N–C) groups is 1. The first-order valence-corrected chi connectivity index (χ1v) is 10.1. The number of aliphatic hydroxyl groups is 1. The first-order valence-electron chi connectivity index (χ1n) is 8.38. The van der Waals surface area contributed by atoms with Gasteiger partial charge < -0.3 is 25.4 Å². The van der Waals surface area contributed by atoms with E-state index in [9.17, 15) is 5.11 Å². The van der Waals surface area contributed by atoms with Crippen LogP contribution in [0.1, 0.15) is 0 Å². The molecule has 3 rings (SSSR count). The summed E-state index contributed by atoms with van der Waals surface area (Å²) in [6.07, 6.45) is 1.11. The molecule has 1 fully saturated rings. The second kappa shape index (κ2) is 11.0. The molecule has 27 heavy (non-hydrogen) atoms. The number of nitrogens with zero attached hydrogens (tertiary/aromatic N) is 4. The average molecular weight is 568 g/mol. The largest absolute Gasteiger partial charge is 0.490 e. The topological polar surface area (TPSA) is 87.2 Å². The third-order valence-electron chi connectivity index (χ3n) is 4.03. The molecule has 1 aliphatic rings. The summed E-state index contributed by atoms with van der Waals surface area (Å²) in [5.41, 5.74) is 6.08. The van der Waals surface area contributed by atoms with Crippen molar-refractivity contribution in [2.24, 2.45) is 10.7 Å². The van der Waals surface area contributed by atoms with Crippen LogP contribution in [-0.2, 0) is 0 Å². The van der Waals surface area contributed by atoms with Gasteiger partial charge in [0, 0.05) is 37.8 Å². The highest BCUT2D eigenvalue weighted by Gasteiger charge is 2.20. The molecule has 7 nitrogen and oxygen atoms in total. The Kier molecular flexibility index (Phi) is 9.06. The van der Waals surface area contributed by atoms with Gasteiger partial charge in [0.25, 0.3) is 0 Å². The van der Waals surface area contributed by atoms with Crippen LogP contribution in [0.15, 0.2) is 45.3 Å². The summed E-state index contributed by atoms with van der Waals surface area (Å²) in [7, 11) is 0. The molecule has 2 aromatic rings. The van der Waals surface area contributed by atoms with Gasteiger partial charge in [-0.1, -0.05) is 12.1 Å². The summed E-state index contributed by atoms with van der Waals surface area (Å²) in [4.78, 5) is 12.9. The SMILES string of the molecule is I.NC(=NCC(O)COc1ccccc1Br)N1CCN(c2nccs2)CC1. The van der Waals surface area contributed by atoms with Crippen molar-refractivity contribution in [3.63, 3.8) is 0 Å². The summed E-state index contributed by atoms with van der Waals surface area (Å²) in [5.74, 6) is 1.16. The highest BCUT2D eigenvalue weighted by Crippen LogP contribution is 2.23. The Hall–Kier alpha value is -1.11. The normalized spacial score (nSPS) is 16.0. The van der Waals surface area contributed by atoms with E-state index in [1.165, 1.54) is 0 Å². The molecule has 0 saturated carbocycles. The molecule has 148 valence electrons. The molecule has 1 atom stereocenters. The molecule has 2 heterocycles. The molecule has 0 radical (unpaired) electrons. The van der Waals surface area contributed by atoms with Crippen molar-refractivity contribution in [1.29, 1.82) is 0 Å². The number of nitrogens with two attached hydrogens (primary N) is 1. The first-order chi connectivity index (χ1) is 12.6. The Morgan fingerprint density at radius 3 is 2.74 bits per heavy atom. The van der Waals surface area contributed by atoms with Crippen LogP contribution in [0.4, 0.5) is 5.13 Å². The molecule has 1 saturated heterocycles. The van der Waals surface area contributed by atoms with Gasteiger partial charge in [0.15, 0.2) is 11.1 Å². The molecule has 1 aromatic carbocycles. The van der Waals surface area contributed by atoms with Gasteiger partial charge in [-0.2, -0.15) is 0 Å². The van der Waals surface area contributed by atoms with Gasteiger partial charge in [0.2, 0.25) is 0 Å². The van der Waals surface area contributed by atoms with Gasteiger partial charge in [-0.05, 0) is 28.1 Å². The van der Waals surface area contributed by atoms with Gasteiger partial charge in [-0.25, -0.2) is 4.98 Å². The fourth-order valence-electron chi connectivity index (χ4n) is 2.60. The number of thiazole rings is 1. The Bertz CT molecular complexity index is 726. The molecule has 0 amide bonds. The summed E-state index contributed by atoms with van der Waals surface area (Å²) >= 11 is 5.05. The van der Waals surface area contributed by atoms with Crippen LogP contribution in [0, 0.1) is 0 Å². The zero-order chi connectivity index (χ0) is 18.4. The molecule has 10 heteroatoms. The highest BCUT2D eigenvalue weighted by molar-refractivity contribution is 14.0. The second-order valence-electron chi connectivity index (χ2n) is 5.88. The van der Waals surface area contributed by atoms with E-state index < -0.39 is 6.10 Å². The number of halogens is 2. The molecular weight excluding hydrogens is 545 g/mol. The number of guanidine groups is 1. The predicted octanol–water partition coefficient (Wildman–Crippen LogP) is 2.40. The van der Waals surface area contributed by atoms with Crippen molar-refractivity contribution in [3.8, 4) is 5.75 Å². The third kappa shape index (κ3) is 6.47. The molecule has 0 spiro atoms. The lowest BCUT2D eigenvalue weighted by molar-refractivity contribution is 0.114. The maximum absolute atomic E-state index is 10.1. The van der Waals surface area contributed by atoms with E-state index in [4.69, 9.17) is 10.5 Å². The highest BCUT2D eigenvalue weighted by atomic mass is 127. The lowest BCUT2D eigenvalue weighted by atomic mass is 10.3. The average Bonchev–Trinajstić information content (AvgIpc) is 3.20. The molecule has 1 aliphatic heterocycles. The fourth-order valence-corrected chi connectivity index (χ4v) is 3.69. The van der Waals surface area contributed by atoms with Crippen molar-refractivity contribution < 1.29 is 9.84 Å². The maximum Gasteiger partial charge on any atom is 0.191 e. The van der Waals surface area contributed by atoms with Crippen molar-refractivity contribution in [2.45, 2.75) is 6.10 Å². The van der Waals surface area contributed by atoms with E-state index in [0.29, 0.717) is 11.7 Å². The van der Waals surface area contributed by atoms with Crippen LogP contribution in [0.5, 0.6) is 5.75 Å². The van der Waals surface area contributed by atoms with Crippen LogP contribution >= 0.6 is 51.2 Å². The van der Waals surface area contributed by atoms with Gasteiger partial charge in [-0.15, -0.1) is 35.3 Å². The lowest BCUT2D eigenvalue weighted by Gasteiger charge is -2.35. The fraction of sp³-hybridized carbons (Fsp3) is 0.412. The Labute approximate surface area is 188 Å². The number of hydrogen-bond donors (Lipinski definition) is 2. The molecule has 0 bridgehead atoms. The Morgan fingerprint density at radius 2 is 2.07 bits per heavy atom. The molecule has 1 unspecified atom stereocenters. The zero-order valence-corrected chi connectivity index (χ0v) is 19.4. The minimum atomic E-state index is -0.711. The molecule has 0 aliphatic carbocycles. The number of aromatic nitrogens is 1. The minimum Gasteiger partial charge on any atom is -0.490 e. The van der Waals surface area contributed by atoms with Gasteiger partial charge in [0.1, 0.15) is 18.5 Å². The van der Waals surface area contributed by atoms with E-state index in [0.717, 1.165) is 35.8 Å². The van der Waals surface area contributed by atoms with E-state index in [2.05, 4.69) is 30.8 Å². The molecule has 3 N–H and O–H groups in total. The smallest absolute Gasteiger partial charge is 0.191 e. The second-order valence-corrected chi connectivity index (χ2v) is 7.61. The van der Waals surface area contributed by atoms with E-state index >= 15 is 0 Å². The van der Waals surface area contributed by atoms with Crippen LogP contribution in [0.2, 0.25) is 0 Å². The van der Waals surface area contributed by atoms with Gasteiger partial charge in [-0.3, -0.25) is 4.99 Å². The minimum absolute atomic E-state index is 0. The number of piperazine rings is 1. The van der Waals surface area contributed by atoms with Crippen molar-refractivity contribution in [1.82, 2.24) is 9.88 Å². The number of rotatable bonds is 6. The molecular formula is C17H23BrIN5O2S. The van der Waals surface area contributed by atoms with Crippen LogP contribution in [0.25, 0.3) is 0 Å². The van der Waals surface area contributed by atoms with Crippen molar-refractivity contribution >= 4 is 62.3 Å². The van der Waals surface area contributed by atoms with Crippen LogP contribution < -0.4 is 15.4 Å². The summed E-state index contributed by atoms with van der Waals surface area (Å²) in [6.45, 7) is 3.67.